The minimum atomic E-state index is -0.880. The number of amidine groups is 1. The van der Waals surface area contributed by atoms with Crippen molar-refractivity contribution < 1.29 is 9.50 Å². The number of rotatable bonds is 2. The van der Waals surface area contributed by atoms with Gasteiger partial charge in [0.05, 0.1) is 16.9 Å². The number of halogens is 1. The lowest BCUT2D eigenvalue weighted by Gasteiger charge is -2.33. The fourth-order valence-corrected chi connectivity index (χ4v) is 4.56. The van der Waals surface area contributed by atoms with Crippen LogP contribution in [-0.4, -0.2) is 21.6 Å². The van der Waals surface area contributed by atoms with Crippen LogP contribution in [0.25, 0.3) is 0 Å². The van der Waals surface area contributed by atoms with Crippen molar-refractivity contribution in [3.05, 3.63) is 41.7 Å². The molecule has 0 spiro atoms. The highest BCUT2D eigenvalue weighted by Gasteiger charge is 2.69. The number of fused-ring (bicyclic) bond motifs is 1. The zero-order valence-corrected chi connectivity index (χ0v) is 11.9. The number of benzene rings is 1. The highest BCUT2D eigenvalue weighted by atomic mass is 32.2. The lowest BCUT2D eigenvalue weighted by molar-refractivity contribution is 0.265. The second-order valence-corrected chi connectivity index (χ2v) is 6.80. The van der Waals surface area contributed by atoms with Crippen LogP contribution in [0.4, 0.5) is 10.1 Å². The largest absolute Gasteiger partial charge is 0.399 e. The number of aliphatic imine (C=N–C) groups is 1. The van der Waals surface area contributed by atoms with E-state index in [0.717, 1.165) is 5.57 Å². The Morgan fingerprint density at radius 3 is 2.85 bits per heavy atom. The Hall–Kier alpha value is -1.53. The summed E-state index contributed by atoms with van der Waals surface area (Å²) in [6.45, 7) is 5.72. The van der Waals surface area contributed by atoms with Crippen molar-refractivity contribution in [2.75, 3.05) is 12.3 Å². The van der Waals surface area contributed by atoms with Gasteiger partial charge in [-0.15, -0.1) is 0 Å². The smallest absolute Gasteiger partial charge is 0.155 e. The molecule has 4 nitrogen and oxygen atoms in total. The molecule has 3 rings (SSSR count). The Bertz CT molecular complexity index is 647. The highest BCUT2D eigenvalue weighted by Crippen LogP contribution is 2.68. The van der Waals surface area contributed by atoms with Gasteiger partial charge in [-0.25, -0.2) is 4.39 Å². The van der Waals surface area contributed by atoms with Gasteiger partial charge >= 0.3 is 0 Å². The van der Waals surface area contributed by atoms with E-state index in [4.69, 9.17) is 11.5 Å². The number of nitrogens with two attached hydrogens (primary N) is 2. The number of anilines is 1. The van der Waals surface area contributed by atoms with Gasteiger partial charge in [-0.3, -0.25) is 4.99 Å². The second kappa shape index (κ2) is 3.99. The zero-order chi connectivity index (χ0) is 14.7. The first-order chi connectivity index (χ1) is 9.35. The number of thioether (sulfide) groups is 1. The lowest BCUT2D eigenvalue weighted by Crippen LogP contribution is -2.37. The Kier molecular flexibility index (Phi) is 2.68. The van der Waals surface area contributed by atoms with Crippen LogP contribution < -0.4 is 11.5 Å². The van der Waals surface area contributed by atoms with E-state index >= 15 is 0 Å². The predicted molar refractivity (Wildman–Crippen MR) is 79.8 cm³/mol. The maximum Gasteiger partial charge on any atom is 0.155 e. The summed E-state index contributed by atoms with van der Waals surface area (Å²) < 4.78 is 13.7. The molecule has 0 aromatic heterocycles. The number of aliphatic hydroxyl groups is 1. The van der Waals surface area contributed by atoms with Crippen LogP contribution in [0.15, 0.2) is 35.3 Å². The predicted octanol–water partition coefficient (Wildman–Crippen LogP) is 1.60. The van der Waals surface area contributed by atoms with Crippen LogP contribution in [-0.2, 0) is 5.54 Å². The van der Waals surface area contributed by atoms with Crippen LogP contribution in [0.5, 0.6) is 0 Å². The van der Waals surface area contributed by atoms with Gasteiger partial charge in [-0.2, -0.15) is 0 Å². The van der Waals surface area contributed by atoms with Crippen molar-refractivity contribution in [1.82, 2.24) is 0 Å². The Morgan fingerprint density at radius 1 is 1.50 bits per heavy atom. The molecule has 0 saturated heterocycles. The van der Waals surface area contributed by atoms with E-state index < -0.39 is 10.3 Å². The van der Waals surface area contributed by atoms with E-state index in [2.05, 4.69) is 11.6 Å². The van der Waals surface area contributed by atoms with Crippen molar-refractivity contribution in [2.45, 2.75) is 17.2 Å². The molecule has 0 radical (unpaired) electrons. The Labute approximate surface area is 120 Å². The fourth-order valence-electron chi connectivity index (χ4n) is 3.21. The quantitative estimate of drug-likeness (QED) is 0.571. The van der Waals surface area contributed by atoms with Crippen LogP contribution in [0.3, 0.4) is 0 Å². The summed E-state index contributed by atoms with van der Waals surface area (Å²) in [6, 6.07) is 4.42. The molecule has 106 valence electrons. The summed E-state index contributed by atoms with van der Waals surface area (Å²) >= 11 is 1.30. The van der Waals surface area contributed by atoms with Crippen molar-refractivity contribution in [3.63, 3.8) is 0 Å². The minimum absolute atomic E-state index is 0.0864. The van der Waals surface area contributed by atoms with Crippen LogP contribution in [0.1, 0.15) is 12.5 Å². The molecule has 0 amide bonds. The van der Waals surface area contributed by atoms with Gasteiger partial charge < -0.3 is 16.6 Å². The van der Waals surface area contributed by atoms with Crippen molar-refractivity contribution in [1.29, 1.82) is 0 Å². The summed E-state index contributed by atoms with van der Waals surface area (Å²) in [5, 5.41) is 10.0. The molecule has 0 bridgehead atoms. The molecule has 3 atom stereocenters. The van der Waals surface area contributed by atoms with Gasteiger partial charge in [0.15, 0.2) is 5.17 Å². The van der Waals surface area contributed by atoms with Crippen LogP contribution >= 0.6 is 11.8 Å². The average Bonchev–Trinajstić information content (AvgIpc) is 2.98. The Morgan fingerprint density at radius 2 is 2.20 bits per heavy atom. The third-order valence-electron chi connectivity index (χ3n) is 4.24. The number of hydrogen-bond donors (Lipinski definition) is 3. The third-order valence-corrected chi connectivity index (χ3v) is 5.53. The molecule has 0 unspecified atom stereocenters. The van der Waals surface area contributed by atoms with E-state index in [-0.39, 0.29) is 18.3 Å². The van der Waals surface area contributed by atoms with E-state index in [1.165, 1.54) is 23.9 Å². The molecule has 1 aromatic rings. The maximum absolute atomic E-state index is 14.2. The molecular weight excluding hydrogens is 277 g/mol. The maximum atomic E-state index is 14.2. The summed E-state index contributed by atoms with van der Waals surface area (Å²) in [7, 11) is 0. The number of aliphatic hydroxyl groups excluding tert-OH is 1. The molecule has 20 heavy (non-hydrogen) atoms. The third kappa shape index (κ3) is 1.55. The summed E-state index contributed by atoms with van der Waals surface area (Å²) in [4.78, 5) is 4.44. The number of nitrogens with zero attached hydrogens (tertiary/aromatic N) is 1. The topological polar surface area (TPSA) is 84.6 Å². The number of hydrogen-bond acceptors (Lipinski definition) is 5. The van der Waals surface area contributed by atoms with E-state index in [1.54, 1.807) is 6.07 Å². The Balaban J connectivity index is 2.18. The summed E-state index contributed by atoms with van der Waals surface area (Å²) in [6.07, 6.45) is 0. The number of nitrogen functional groups attached to an aromatic ring is 1. The molecule has 5 N–H and O–H groups in total. The monoisotopic (exact) mass is 293 g/mol. The van der Waals surface area contributed by atoms with Gasteiger partial charge in [0.25, 0.3) is 0 Å². The van der Waals surface area contributed by atoms with E-state index in [1.807, 2.05) is 6.92 Å². The highest BCUT2D eigenvalue weighted by molar-refractivity contribution is 8.15. The van der Waals surface area contributed by atoms with Gasteiger partial charge in [0.1, 0.15) is 5.82 Å². The molecule has 1 heterocycles. The molecule has 1 fully saturated rings. The van der Waals surface area contributed by atoms with Gasteiger partial charge in [-0.1, -0.05) is 23.9 Å². The van der Waals surface area contributed by atoms with Crippen molar-refractivity contribution >= 4 is 22.6 Å². The van der Waals surface area contributed by atoms with Gasteiger partial charge in [0.2, 0.25) is 0 Å². The summed E-state index contributed by atoms with van der Waals surface area (Å²) in [5.74, 6) is -0.523. The van der Waals surface area contributed by atoms with Crippen LogP contribution in [0.2, 0.25) is 0 Å². The minimum Gasteiger partial charge on any atom is -0.399 e. The summed E-state index contributed by atoms with van der Waals surface area (Å²) in [5.41, 5.74) is 12.5. The SMILES string of the molecule is C=C1[C@H]2[C@]1(CO)SC(N)=N[C@]2(C)c1cc(N)ccc1F. The normalized spacial score (nSPS) is 35.5. The fraction of sp³-hybridized carbons (Fsp3) is 0.357. The van der Waals surface area contributed by atoms with E-state index in [9.17, 15) is 9.50 Å². The van der Waals surface area contributed by atoms with Crippen LogP contribution in [0, 0.1) is 11.7 Å². The molecule has 1 aliphatic heterocycles. The van der Waals surface area contributed by atoms with Gasteiger partial charge in [0, 0.05) is 17.2 Å². The first-order valence-electron chi connectivity index (χ1n) is 6.25. The van der Waals surface area contributed by atoms with Gasteiger partial charge in [-0.05, 0) is 25.1 Å². The molecular formula is C14H16FN3OS. The van der Waals surface area contributed by atoms with E-state index in [0.29, 0.717) is 16.4 Å². The van der Waals surface area contributed by atoms with Crippen molar-refractivity contribution in [3.8, 4) is 0 Å². The standard InChI is InChI=1S/C14H16FN3OS/c1-7-11-13(2,9-5-8(16)3-4-10(9)15)18-12(17)20-14(7,11)6-19/h3-5,11,19H,1,6,16H2,2H3,(H2,17,18)/t11-,13-,14-/m1/s1. The molecule has 6 heteroatoms. The molecule has 1 aliphatic carbocycles. The molecule has 1 aromatic carbocycles. The molecule has 1 saturated carbocycles. The first-order valence-corrected chi connectivity index (χ1v) is 7.07. The first kappa shape index (κ1) is 13.5. The molecule has 2 aliphatic rings. The lowest BCUT2D eigenvalue weighted by atomic mass is 9.85. The second-order valence-electron chi connectivity index (χ2n) is 5.44. The van der Waals surface area contributed by atoms with Crippen molar-refractivity contribution in [2.24, 2.45) is 16.6 Å². The average molecular weight is 293 g/mol. The zero-order valence-electron chi connectivity index (χ0n) is 11.1.